The first-order chi connectivity index (χ1) is 7.45. The van der Waals surface area contributed by atoms with Gasteiger partial charge in [-0.05, 0) is 31.9 Å². The van der Waals surface area contributed by atoms with Crippen LogP contribution in [-0.2, 0) is 9.53 Å². The van der Waals surface area contributed by atoms with Crippen molar-refractivity contribution in [1.29, 1.82) is 0 Å². The third-order valence-corrected chi connectivity index (χ3v) is 2.26. The van der Waals surface area contributed by atoms with E-state index in [9.17, 15) is 9.90 Å². The summed E-state index contributed by atoms with van der Waals surface area (Å²) in [5.74, 6) is -0.0301. The summed E-state index contributed by atoms with van der Waals surface area (Å²) in [6.45, 7) is 4.96. The summed E-state index contributed by atoms with van der Waals surface area (Å²) in [4.78, 5) is 11.8. The van der Waals surface area contributed by atoms with Gasteiger partial charge in [-0.25, -0.2) is 0 Å². The first-order valence-electron chi connectivity index (χ1n) is 5.21. The molecule has 1 heterocycles. The zero-order valence-corrected chi connectivity index (χ0v) is 9.65. The lowest BCUT2D eigenvalue weighted by atomic mass is 9.99. The van der Waals surface area contributed by atoms with Crippen molar-refractivity contribution < 1.29 is 19.7 Å². The van der Waals surface area contributed by atoms with Crippen LogP contribution in [0.2, 0.25) is 0 Å². The number of carbonyl (C=O) groups excluding carboxylic acids is 1. The second-order valence-electron chi connectivity index (χ2n) is 3.63. The molecule has 1 amide bonds. The van der Waals surface area contributed by atoms with Gasteiger partial charge in [-0.2, -0.15) is 0 Å². The van der Waals surface area contributed by atoms with E-state index >= 15 is 0 Å². The van der Waals surface area contributed by atoms with E-state index in [4.69, 9.17) is 9.84 Å². The molecule has 90 valence electrons. The Labute approximate surface area is 94.4 Å². The minimum Gasteiger partial charge on any atom is -0.465 e. The van der Waals surface area contributed by atoms with Crippen LogP contribution in [0.4, 0.5) is 0 Å². The van der Waals surface area contributed by atoms with Gasteiger partial charge in [0.15, 0.2) is 0 Å². The Morgan fingerprint density at radius 1 is 1.69 bits per heavy atom. The Balaban J connectivity index is 2.96. The highest BCUT2D eigenvalue weighted by Crippen LogP contribution is 2.25. The lowest BCUT2D eigenvalue weighted by Crippen LogP contribution is -2.35. The second-order valence-corrected chi connectivity index (χ2v) is 3.63. The van der Waals surface area contributed by atoms with Crippen molar-refractivity contribution in [3.63, 3.8) is 0 Å². The maximum atomic E-state index is 11.8. The molecule has 16 heavy (non-hydrogen) atoms. The molecule has 3 N–H and O–H groups in total. The van der Waals surface area contributed by atoms with Crippen LogP contribution in [0.5, 0.6) is 0 Å². The van der Waals surface area contributed by atoms with Crippen LogP contribution in [0.3, 0.4) is 0 Å². The maximum Gasteiger partial charge on any atom is 0.256 e. The van der Waals surface area contributed by atoms with E-state index in [1.807, 2.05) is 6.92 Å². The van der Waals surface area contributed by atoms with Gasteiger partial charge in [-0.15, -0.1) is 0 Å². The molecule has 0 bridgehead atoms. The Bertz CT molecular complexity index is 344. The number of hydrogen-bond donors (Lipinski definition) is 3. The molecule has 5 heteroatoms. The van der Waals surface area contributed by atoms with Crippen molar-refractivity contribution >= 4 is 5.91 Å². The average molecular weight is 227 g/mol. The minimum atomic E-state index is -1.00. The van der Waals surface area contributed by atoms with Gasteiger partial charge in [0.05, 0.1) is 5.57 Å². The molecule has 0 aromatic heterocycles. The van der Waals surface area contributed by atoms with Crippen LogP contribution in [0.1, 0.15) is 27.2 Å². The van der Waals surface area contributed by atoms with Crippen molar-refractivity contribution in [2.45, 2.75) is 39.7 Å². The van der Waals surface area contributed by atoms with E-state index < -0.39 is 18.4 Å². The molecule has 2 atom stereocenters. The molecule has 0 radical (unpaired) electrons. The first kappa shape index (κ1) is 12.7. The van der Waals surface area contributed by atoms with Crippen molar-refractivity contribution in [1.82, 2.24) is 5.32 Å². The highest BCUT2D eigenvalue weighted by molar-refractivity contribution is 5.98. The van der Waals surface area contributed by atoms with Crippen LogP contribution in [0, 0.1) is 0 Å². The number of nitrogens with one attached hydrogen (secondary N) is 1. The molecule has 0 saturated heterocycles. The molecule has 2 unspecified atom stereocenters. The minimum absolute atomic E-state index is 0.366. The number of carbonyl (C=O) groups is 1. The van der Waals surface area contributed by atoms with E-state index in [1.165, 1.54) is 13.0 Å². The van der Waals surface area contributed by atoms with E-state index in [0.29, 0.717) is 17.8 Å². The molecule has 5 nitrogen and oxygen atoms in total. The topological polar surface area (TPSA) is 78.8 Å². The summed E-state index contributed by atoms with van der Waals surface area (Å²) in [6.07, 6.45) is 0.181. The van der Waals surface area contributed by atoms with Crippen molar-refractivity contribution in [2.75, 3.05) is 0 Å². The molecule has 0 aliphatic carbocycles. The number of ether oxygens (including phenoxy) is 1. The quantitative estimate of drug-likeness (QED) is 0.610. The Hall–Kier alpha value is -1.33. The summed E-state index contributed by atoms with van der Waals surface area (Å²) >= 11 is 0. The van der Waals surface area contributed by atoms with E-state index in [0.717, 1.165) is 5.57 Å². The van der Waals surface area contributed by atoms with Gasteiger partial charge >= 0.3 is 0 Å². The predicted octanol–water partition coefficient (Wildman–Crippen LogP) is 0.400. The fourth-order valence-corrected chi connectivity index (χ4v) is 1.62. The van der Waals surface area contributed by atoms with Crippen LogP contribution in [0.15, 0.2) is 23.0 Å². The van der Waals surface area contributed by atoms with E-state index in [1.54, 1.807) is 6.92 Å². The number of aliphatic hydroxyl groups is 2. The molecular weight excluding hydrogens is 210 g/mol. The van der Waals surface area contributed by atoms with Crippen molar-refractivity contribution in [2.24, 2.45) is 0 Å². The van der Waals surface area contributed by atoms with Crippen molar-refractivity contribution in [3.05, 3.63) is 23.0 Å². The third kappa shape index (κ3) is 2.84. The summed E-state index contributed by atoms with van der Waals surface area (Å²) in [6, 6.07) is 0. The summed E-state index contributed by atoms with van der Waals surface area (Å²) in [5.41, 5.74) is 1.10. The van der Waals surface area contributed by atoms with Crippen LogP contribution in [0.25, 0.3) is 0 Å². The van der Waals surface area contributed by atoms with Gasteiger partial charge in [-0.3, -0.25) is 4.79 Å². The molecule has 0 saturated carbocycles. The standard InChI is InChI=1S/C11H17NO4/c1-4-8-5-9(14)16-6(2)10(8)11(15)12-7(3)13/h5,7,9,13-14H,4H2,1-3H3,(H,12,15). The van der Waals surface area contributed by atoms with Gasteiger partial charge in [0.1, 0.15) is 12.0 Å². The number of hydrogen-bond acceptors (Lipinski definition) is 4. The van der Waals surface area contributed by atoms with Crippen LogP contribution in [-0.4, -0.2) is 28.6 Å². The number of amides is 1. The van der Waals surface area contributed by atoms with Gasteiger partial charge in [-0.1, -0.05) is 6.92 Å². The Morgan fingerprint density at radius 2 is 2.31 bits per heavy atom. The molecule has 0 aromatic rings. The van der Waals surface area contributed by atoms with E-state index in [-0.39, 0.29) is 0 Å². The zero-order valence-electron chi connectivity index (χ0n) is 9.65. The van der Waals surface area contributed by atoms with Crippen LogP contribution < -0.4 is 5.32 Å². The molecule has 1 aliphatic heterocycles. The van der Waals surface area contributed by atoms with Crippen LogP contribution >= 0.6 is 0 Å². The predicted molar refractivity (Wildman–Crippen MR) is 58.0 cm³/mol. The number of allylic oxidation sites excluding steroid dienone is 1. The molecule has 0 aromatic carbocycles. The van der Waals surface area contributed by atoms with Gasteiger partial charge in [0, 0.05) is 0 Å². The fourth-order valence-electron chi connectivity index (χ4n) is 1.62. The normalized spacial score (nSPS) is 22.3. The van der Waals surface area contributed by atoms with Gasteiger partial charge in [0.2, 0.25) is 6.29 Å². The molecule has 1 rings (SSSR count). The summed E-state index contributed by atoms with van der Waals surface area (Å²) in [7, 11) is 0. The molecular formula is C11H17NO4. The Kier molecular flexibility index (Phi) is 4.09. The molecule has 0 spiro atoms. The number of rotatable bonds is 3. The highest BCUT2D eigenvalue weighted by atomic mass is 16.6. The monoisotopic (exact) mass is 227 g/mol. The first-order valence-corrected chi connectivity index (χ1v) is 5.21. The average Bonchev–Trinajstić information content (AvgIpc) is 2.14. The third-order valence-electron chi connectivity index (χ3n) is 2.26. The lowest BCUT2D eigenvalue weighted by Gasteiger charge is -2.23. The molecule has 1 aliphatic rings. The highest BCUT2D eigenvalue weighted by Gasteiger charge is 2.24. The SMILES string of the molecule is CCC1=CC(O)OC(C)=C1C(=O)NC(C)O. The number of aliphatic hydroxyl groups excluding tert-OH is 2. The maximum absolute atomic E-state index is 11.8. The zero-order chi connectivity index (χ0) is 12.3. The summed E-state index contributed by atoms with van der Waals surface area (Å²) in [5, 5.41) is 20.8. The van der Waals surface area contributed by atoms with Gasteiger partial charge in [0.25, 0.3) is 5.91 Å². The summed E-state index contributed by atoms with van der Waals surface area (Å²) < 4.78 is 5.05. The lowest BCUT2D eigenvalue weighted by molar-refractivity contribution is -0.120. The second kappa shape index (κ2) is 5.14. The fraction of sp³-hybridized carbons (Fsp3) is 0.545. The van der Waals surface area contributed by atoms with Gasteiger partial charge < -0.3 is 20.3 Å². The molecule has 0 fully saturated rings. The largest absolute Gasteiger partial charge is 0.465 e. The van der Waals surface area contributed by atoms with Crippen molar-refractivity contribution in [3.8, 4) is 0 Å². The smallest absolute Gasteiger partial charge is 0.256 e. The van der Waals surface area contributed by atoms with E-state index in [2.05, 4.69) is 5.32 Å². The Morgan fingerprint density at radius 3 is 2.81 bits per heavy atom.